The Morgan fingerprint density at radius 2 is 0.671 bits per heavy atom. The molecule has 0 spiro atoms. The number of aryl methyl sites for hydroxylation is 5. The molecule has 19 rings (SSSR count). The Labute approximate surface area is 903 Å². The van der Waals surface area contributed by atoms with Gasteiger partial charge in [-0.1, -0.05) is 232 Å². The van der Waals surface area contributed by atoms with Crippen molar-refractivity contribution in [2.24, 2.45) is 11.3 Å². The summed E-state index contributed by atoms with van der Waals surface area (Å²) >= 11 is 0. The maximum atomic E-state index is 4.81. The van der Waals surface area contributed by atoms with E-state index in [9.17, 15) is 0 Å². The summed E-state index contributed by atoms with van der Waals surface area (Å²) in [4.78, 5) is 52.3. The molecular formula is C111H140N28Pt4. The number of pyridine rings is 4. The zero-order chi connectivity index (χ0) is 101. The molecule has 2 bridgehead atoms. The van der Waals surface area contributed by atoms with Gasteiger partial charge in [-0.25, -0.2) is 39.9 Å². The van der Waals surface area contributed by atoms with Crippen LogP contribution in [0.5, 0.6) is 0 Å². The van der Waals surface area contributed by atoms with Crippen LogP contribution in [0.3, 0.4) is 0 Å². The van der Waals surface area contributed by atoms with Crippen LogP contribution in [-0.2, 0) is 162 Å². The molecule has 28 nitrogen and oxygen atoms in total. The number of nitrogens with zero attached hydrogens (tertiary/aromatic N) is 28. The summed E-state index contributed by atoms with van der Waals surface area (Å²) in [6.45, 7) is 64.9. The van der Waals surface area contributed by atoms with Gasteiger partial charge in [-0.3, -0.25) is 19.9 Å². The molecule has 3 aliphatic rings. The van der Waals surface area contributed by atoms with Crippen LogP contribution in [0.1, 0.15) is 324 Å². The van der Waals surface area contributed by atoms with Crippen molar-refractivity contribution in [3.05, 3.63) is 260 Å². The van der Waals surface area contributed by atoms with Crippen LogP contribution in [0.4, 0.5) is 0 Å². The summed E-state index contributed by atoms with van der Waals surface area (Å²) < 4.78 is 0. The van der Waals surface area contributed by atoms with Gasteiger partial charge in [-0.15, -0.1) is 0 Å². The summed E-state index contributed by atoms with van der Waals surface area (Å²) in [6, 6.07) is 26.0. The monoisotopic (exact) mass is 2650 g/mol. The Kier molecular flexibility index (Phi) is 41.9. The van der Waals surface area contributed by atoms with Gasteiger partial charge in [0, 0.05) is 131 Å². The van der Waals surface area contributed by atoms with Crippen LogP contribution in [0.15, 0.2) is 153 Å². The Hall–Kier alpha value is -10.6. The SMILES string of the molecule is CC(C)(C)c1ccncc1.CC(C)(C)c1ccncc1.CC(C)(C)c1ccncc1.CC(C)(C)c1ccncc1.CCc1n[n-]c(-c2nccc(-c3[n-]nc(CC(C)C)c3C(C)C)n2)c1C.CCc1n[n-]c(-c2nccc(-c3[n-]nc4c3C3CCC4(C)C3(C)C)n2)c1C.CCc1n[n-]c(-c2nccc(-c3[n-]nc4c3CCCC4)n2)c1C.CCc1n[n-]c(-c2nccc(-c3cc(C(C)(C)C)n[n-]3)n2)c1C.[Pt+2].[Pt+2].[Pt+2].[Pt+2]. The third-order valence-electron chi connectivity index (χ3n) is 26.4. The van der Waals surface area contributed by atoms with Gasteiger partial charge in [0.25, 0.3) is 0 Å². The molecular weight excluding hydrogens is 2510 g/mol. The van der Waals surface area contributed by atoms with Crippen LogP contribution >= 0.6 is 0 Å². The summed E-state index contributed by atoms with van der Waals surface area (Å²) in [7, 11) is 0. The average molecular weight is 2650 g/mol. The molecule has 0 radical (unpaired) electrons. The number of hydrogen-bond donors (Lipinski definition) is 0. The average Bonchev–Trinajstić information content (AvgIpc) is 1.52. The van der Waals surface area contributed by atoms with Crippen LogP contribution in [0.2, 0.25) is 0 Å². The first-order chi connectivity index (χ1) is 65.9. The summed E-state index contributed by atoms with van der Waals surface area (Å²) in [5.74, 6) is 3.75. The molecule has 0 N–H and O–H groups in total. The van der Waals surface area contributed by atoms with Gasteiger partial charge in [0.15, 0.2) is 0 Å². The Morgan fingerprint density at radius 1 is 0.350 bits per heavy atom. The minimum absolute atomic E-state index is 0. The van der Waals surface area contributed by atoms with E-state index in [1.165, 1.54) is 70.3 Å². The standard InChI is InChI=1S/C21H24N6.C20H26N6.C17H18N6.C17H20N6.4C9H13N.4Pt/c1-6-13-11(2)16(25-24-13)19-22-10-8-14(23-19)17-15-12-7-9-21(5,20(12,3)4)18(15)27-26-17;1-7-14-13(6)18(25-23-14)20-21-9-8-15(22-20)19-17(12(4)5)16(24-26-19)10-11(2)3;1-3-12-10(2)15(22-20-12)17-18-9-8-14(19-17)16-11-6-4-5-7-13(11)21-23-16;1-6-11-10(2)15(23-20-11)16-18-8-7-12(19-16)13-9-14(22-21-13)17(3,4)5;4*1-9(2,3)8-4-6-10-7-5-8;;;;/h8,10,12H,6-7,9H2,1-5H3;8-9,11-12H,7,10H2,1-6H3;8-9H,3-7H2,1-2H3;7-9H,6H2,1-5H3;4*4-7H,1-3H3;;;;/q4*-2;;;;;4*+2. The first-order valence-corrected chi connectivity index (χ1v) is 48.9. The van der Waals surface area contributed by atoms with Gasteiger partial charge in [0.1, 0.15) is 23.3 Å². The van der Waals surface area contributed by atoms with E-state index in [0.717, 1.165) is 175 Å². The predicted molar refractivity (Wildman–Crippen MR) is 550 cm³/mol. The normalized spacial score (nSPS) is 14.3. The predicted octanol–water partition coefficient (Wildman–Crippen LogP) is 21.7. The number of fused-ring (bicyclic) bond motifs is 6. The molecule has 32 heteroatoms. The van der Waals surface area contributed by atoms with Crippen LogP contribution in [0.25, 0.3) is 91.6 Å². The second-order valence-electron chi connectivity index (χ2n) is 42.6. The van der Waals surface area contributed by atoms with E-state index in [1.807, 2.05) is 108 Å². The minimum atomic E-state index is -0.0368. The zero-order valence-electron chi connectivity index (χ0n) is 88.7. The molecule has 143 heavy (non-hydrogen) atoms. The molecule has 2 unspecified atom stereocenters. The van der Waals surface area contributed by atoms with Gasteiger partial charge in [0.2, 0.25) is 0 Å². The Bertz CT molecular complexity index is 6440. The molecule has 1 fully saturated rings. The van der Waals surface area contributed by atoms with E-state index < -0.39 is 0 Å². The minimum Gasteiger partial charge on any atom is -0.573 e. The maximum Gasteiger partial charge on any atom is 2.00 e. The zero-order valence-corrected chi connectivity index (χ0v) is 97.8. The topological polar surface area (TPSA) is 371 Å². The smallest absolute Gasteiger partial charge is 0.573 e. The van der Waals surface area contributed by atoms with Crippen molar-refractivity contribution in [1.82, 2.24) is 141 Å². The van der Waals surface area contributed by atoms with Crippen molar-refractivity contribution in [1.29, 1.82) is 0 Å². The molecule has 0 amide bonds. The Morgan fingerprint density at radius 3 is 1.00 bits per heavy atom. The third kappa shape index (κ3) is 28.6. The van der Waals surface area contributed by atoms with Gasteiger partial charge in [0.05, 0.1) is 22.8 Å². The van der Waals surface area contributed by atoms with E-state index in [-0.39, 0.29) is 122 Å². The first-order valence-electron chi connectivity index (χ1n) is 48.9. The number of rotatable bonds is 15. The quantitative estimate of drug-likeness (QED) is 0.0920. The molecule has 16 heterocycles. The number of aromatic nitrogens is 28. The van der Waals surface area contributed by atoms with Crippen LogP contribution < -0.4 is 40.8 Å². The maximum absolute atomic E-state index is 4.81. The second kappa shape index (κ2) is 50.9. The van der Waals surface area contributed by atoms with Crippen molar-refractivity contribution >= 4 is 0 Å². The largest absolute Gasteiger partial charge is 2.00 e. The molecule has 3 aliphatic carbocycles. The van der Waals surface area contributed by atoms with E-state index in [2.05, 4.69) is 360 Å². The van der Waals surface area contributed by atoms with Crippen molar-refractivity contribution in [3.8, 4) is 91.6 Å². The molecule has 0 saturated heterocycles. The molecule has 2 atom stereocenters. The van der Waals surface area contributed by atoms with E-state index >= 15 is 0 Å². The summed E-state index contributed by atoms with van der Waals surface area (Å²) in [5, 5.41) is 69.3. The van der Waals surface area contributed by atoms with E-state index in [4.69, 9.17) is 9.97 Å². The van der Waals surface area contributed by atoms with Crippen molar-refractivity contribution in [2.75, 3.05) is 0 Å². The summed E-state index contributed by atoms with van der Waals surface area (Å²) in [5.41, 5.74) is 32.5. The van der Waals surface area contributed by atoms with E-state index in [0.29, 0.717) is 41.1 Å². The van der Waals surface area contributed by atoms with Crippen molar-refractivity contribution in [2.45, 2.75) is 323 Å². The fourth-order valence-electron chi connectivity index (χ4n) is 17.4. The Balaban J connectivity index is 0.000000205. The van der Waals surface area contributed by atoms with Gasteiger partial charge < -0.3 is 81.6 Å². The molecule has 16 aromatic heterocycles. The molecule has 0 aliphatic heterocycles. The van der Waals surface area contributed by atoms with Crippen LogP contribution in [-0.4, -0.2) is 101 Å². The fourth-order valence-corrected chi connectivity index (χ4v) is 17.4. The molecule has 16 aromatic rings. The third-order valence-corrected chi connectivity index (χ3v) is 26.4. The van der Waals surface area contributed by atoms with Crippen molar-refractivity contribution < 1.29 is 84.3 Å². The van der Waals surface area contributed by atoms with Gasteiger partial charge in [-0.2, -0.15) is 0 Å². The van der Waals surface area contributed by atoms with Gasteiger partial charge >= 0.3 is 84.3 Å². The number of hydrogen-bond acceptors (Lipinski definition) is 20. The second-order valence-corrected chi connectivity index (χ2v) is 42.6. The molecule has 0 aromatic carbocycles. The van der Waals surface area contributed by atoms with Gasteiger partial charge in [-0.05, 0) is 277 Å². The van der Waals surface area contributed by atoms with Crippen LogP contribution in [0, 0.1) is 39.0 Å². The van der Waals surface area contributed by atoms with E-state index in [1.54, 1.807) is 24.8 Å². The first kappa shape index (κ1) is 118. The fraction of sp³-hybridized carbons (Fsp3) is 0.459. The molecule has 1 saturated carbocycles. The van der Waals surface area contributed by atoms with Crippen molar-refractivity contribution in [3.63, 3.8) is 0 Å². The molecule has 764 valence electrons. The summed E-state index contributed by atoms with van der Waals surface area (Å²) in [6.07, 6.45) is 32.9.